The second kappa shape index (κ2) is 9.02. The Labute approximate surface area is 137 Å². The number of aromatic nitrogens is 1. The highest BCUT2D eigenvalue weighted by Gasteiger charge is 2.08. The van der Waals surface area contributed by atoms with E-state index < -0.39 is 0 Å². The van der Waals surface area contributed by atoms with Crippen LogP contribution in [-0.2, 0) is 13.0 Å². The lowest BCUT2D eigenvalue weighted by molar-refractivity contribution is 0.392. The van der Waals surface area contributed by atoms with Crippen LogP contribution in [-0.4, -0.2) is 24.2 Å². The molecule has 2 rings (SSSR count). The van der Waals surface area contributed by atoms with Crippen molar-refractivity contribution in [3.8, 4) is 0 Å². The maximum Gasteiger partial charge on any atom is 0.191 e. The van der Waals surface area contributed by atoms with Gasteiger partial charge in [0, 0.05) is 25.1 Å². The van der Waals surface area contributed by atoms with E-state index in [-0.39, 0.29) is 0 Å². The minimum Gasteiger partial charge on any atom is -0.469 e. The number of aryl methyl sites for hydroxylation is 2. The Morgan fingerprint density at radius 1 is 1.26 bits per heavy atom. The van der Waals surface area contributed by atoms with Gasteiger partial charge in [0.15, 0.2) is 5.96 Å². The maximum absolute atomic E-state index is 5.34. The lowest BCUT2D eigenvalue weighted by Gasteiger charge is -2.12. The molecule has 6 heteroatoms. The number of nitrogens with one attached hydrogen (secondary N) is 2. The fraction of sp³-hybridized carbons (Fsp3) is 0.529. The Kier molecular flexibility index (Phi) is 6.72. The minimum absolute atomic E-state index is 0.559. The van der Waals surface area contributed by atoms with Crippen LogP contribution < -0.4 is 10.6 Å². The van der Waals surface area contributed by atoms with E-state index in [0.29, 0.717) is 6.54 Å². The zero-order valence-corrected chi connectivity index (χ0v) is 14.2. The Bertz CT molecular complexity index is 583. The molecule has 0 aromatic carbocycles. The molecular formula is C17H26N4O2. The van der Waals surface area contributed by atoms with Gasteiger partial charge in [-0.15, -0.1) is 0 Å². The maximum atomic E-state index is 5.34. The third-order valence-corrected chi connectivity index (χ3v) is 3.64. The Morgan fingerprint density at radius 3 is 2.74 bits per heavy atom. The van der Waals surface area contributed by atoms with Gasteiger partial charge < -0.3 is 19.6 Å². The van der Waals surface area contributed by atoms with Crippen molar-refractivity contribution in [2.45, 2.75) is 46.6 Å². The molecule has 0 aliphatic carbocycles. The third-order valence-electron chi connectivity index (χ3n) is 3.64. The van der Waals surface area contributed by atoms with Crippen molar-refractivity contribution in [1.29, 1.82) is 0 Å². The first-order valence-corrected chi connectivity index (χ1v) is 8.17. The predicted molar refractivity (Wildman–Crippen MR) is 90.4 cm³/mol. The molecule has 0 aliphatic heterocycles. The van der Waals surface area contributed by atoms with Crippen LogP contribution in [0.4, 0.5) is 0 Å². The Morgan fingerprint density at radius 2 is 2.09 bits per heavy atom. The zero-order chi connectivity index (χ0) is 16.5. The summed E-state index contributed by atoms with van der Waals surface area (Å²) in [6, 6.07) is 3.88. The molecule has 0 saturated heterocycles. The van der Waals surface area contributed by atoms with Crippen molar-refractivity contribution in [1.82, 2.24) is 15.8 Å². The fourth-order valence-electron chi connectivity index (χ4n) is 2.20. The lowest BCUT2D eigenvalue weighted by atomic mass is 10.2. The molecule has 0 fully saturated rings. The summed E-state index contributed by atoms with van der Waals surface area (Å²) in [4.78, 5) is 4.64. The Balaban J connectivity index is 1.90. The molecule has 126 valence electrons. The van der Waals surface area contributed by atoms with Crippen LogP contribution in [0.1, 0.15) is 42.5 Å². The van der Waals surface area contributed by atoms with Crippen LogP contribution in [0.25, 0.3) is 0 Å². The van der Waals surface area contributed by atoms with Crippen molar-refractivity contribution in [3.63, 3.8) is 0 Å². The zero-order valence-electron chi connectivity index (χ0n) is 14.2. The van der Waals surface area contributed by atoms with Gasteiger partial charge in [-0.1, -0.05) is 18.5 Å². The molecule has 0 spiro atoms. The summed E-state index contributed by atoms with van der Waals surface area (Å²) >= 11 is 0. The fourth-order valence-corrected chi connectivity index (χ4v) is 2.20. The average Bonchev–Trinajstić information content (AvgIpc) is 3.16. The van der Waals surface area contributed by atoms with Crippen molar-refractivity contribution >= 4 is 5.96 Å². The van der Waals surface area contributed by atoms with E-state index in [9.17, 15) is 0 Å². The molecule has 2 aromatic heterocycles. The third kappa shape index (κ3) is 5.47. The SMILES string of the molecule is CCCCNC(=NCc1c(C)noc1C)NCCc1ccco1. The largest absolute Gasteiger partial charge is 0.469 e. The summed E-state index contributed by atoms with van der Waals surface area (Å²) in [5.74, 6) is 2.61. The van der Waals surface area contributed by atoms with Gasteiger partial charge in [0.2, 0.25) is 0 Å². The molecular weight excluding hydrogens is 292 g/mol. The van der Waals surface area contributed by atoms with Crippen LogP contribution >= 0.6 is 0 Å². The van der Waals surface area contributed by atoms with E-state index in [1.54, 1.807) is 6.26 Å². The molecule has 23 heavy (non-hydrogen) atoms. The minimum atomic E-state index is 0.559. The summed E-state index contributed by atoms with van der Waals surface area (Å²) in [5, 5.41) is 10.7. The molecule has 0 radical (unpaired) electrons. The molecule has 0 saturated carbocycles. The van der Waals surface area contributed by atoms with Crippen LogP contribution in [0, 0.1) is 13.8 Å². The number of hydrogen-bond acceptors (Lipinski definition) is 4. The van der Waals surface area contributed by atoms with Gasteiger partial charge in [0.05, 0.1) is 18.5 Å². The number of unbranched alkanes of at least 4 members (excludes halogenated alkanes) is 1. The van der Waals surface area contributed by atoms with Crippen LogP contribution in [0.5, 0.6) is 0 Å². The van der Waals surface area contributed by atoms with Gasteiger partial charge >= 0.3 is 0 Å². The molecule has 2 aromatic rings. The summed E-state index contributed by atoms with van der Waals surface area (Å²) in [6.45, 7) is 8.27. The van der Waals surface area contributed by atoms with Gasteiger partial charge in [0.25, 0.3) is 0 Å². The number of hydrogen-bond donors (Lipinski definition) is 2. The molecule has 0 unspecified atom stereocenters. The number of rotatable bonds is 8. The highest BCUT2D eigenvalue weighted by Crippen LogP contribution is 2.13. The van der Waals surface area contributed by atoms with E-state index in [1.165, 1.54) is 0 Å². The van der Waals surface area contributed by atoms with Gasteiger partial charge in [-0.3, -0.25) is 0 Å². The molecule has 0 atom stereocenters. The van der Waals surface area contributed by atoms with Crippen molar-refractivity contribution < 1.29 is 8.94 Å². The second-order valence-electron chi connectivity index (χ2n) is 5.50. The summed E-state index contributed by atoms with van der Waals surface area (Å²) in [7, 11) is 0. The van der Waals surface area contributed by atoms with E-state index in [0.717, 1.165) is 61.1 Å². The summed E-state index contributed by atoms with van der Waals surface area (Å²) < 4.78 is 10.5. The van der Waals surface area contributed by atoms with Gasteiger partial charge in [-0.2, -0.15) is 0 Å². The average molecular weight is 318 g/mol. The summed E-state index contributed by atoms with van der Waals surface area (Å²) in [5.41, 5.74) is 1.95. The molecule has 0 aliphatic rings. The standard InChI is InChI=1S/C17H26N4O2/c1-4-5-9-18-17(19-10-8-15-7-6-11-22-15)20-12-16-13(2)21-23-14(16)3/h6-7,11H,4-5,8-10,12H2,1-3H3,(H2,18,19,20). The quantitative estimate of drug-likeness (QED) is 0.444. The van der Waals surface area contributed by atoms with Crippen molar-refractivity contribution in [3.05, 3.63) is 41.2 Å². The predicted octanol–water partition coefficient (Wildman–Crippen LogP) is 2.96. The number of guanidine groups is 1. The highest BCUT2D eigenvalue weighted by atomic mass is 16.5. The smallest absolute Gasteiger partial charge is 0.191 e. The van der Waals surface area contributed by atoms with E-state index in [2.05, 4.69) is 27.7 Å². The molecule has 0 bridgehead atoms. The van der Waals surface area contributed by atoms with Gasteiger partial charge in [0.1, 0.15) is 11.5 Å². The van der Waals surface area contributed by atoms with Gasteiger partial charge in [-0.05, 0) is 32.4 Å². The summed E-state index contributed by atoms with van der Waals surface area (Å²) in [6.07, 6.45) is 4.79. The van der Waals surface area contributed by atoms with Crippen LogP contribution in [0.15, 0.2) is 32.3 Å². The first kappa shape index (κ1) is 17.1. The normalized spacial score (nSPS) is 11.7. The van der Waals surface area contributed by atoms with Crippen molar-refractivity contribution in [2.75, 3.05) is 13.1 Å². The van der Waals surface area contributed by atoms with Crippen LogP contribution in [0.2, 0.25) is 0 Å². The highest BCUT2D eigenvalue weighted by molar-refractivity contribution is 5.79. The molecule has 2 heterocycles. The monoisotopic (exact) mass is 318 g/mol. The molecule has 6 nitrogen and oxygen atoms in total. The number of aliphatic imine (C=N–C) groups is 1. The topological polar surface area (TPSA) is 75.6 Å². The van der Waals surface area contributed by atoms with Crippen molar-refractivity contribution in [2.24, 2.45) is 4.99 Å². The first-order chi connectivity index (χ1) is 11.2. The number of furan rings is 1. The molecule has 2 N–H and O–H groups in total. The Hall–Kier alpha value is -2.24. The van der Waals surface area contributed by atoms with Crippen LogP contribution in [0.3, 0.4) is 0 Å². The number of nitrogens with zero attached hydrogens (tertiary/aromatic N) is 2. The second-order valence-corrected chi connectivity index (χ2v) is 5.50. The first-order valence-electron chi connectivity index (χ1n) is 8.17. The van der Waals surface area contributed by atoms with E-state index in [1.807, 2.05) is 26.0 Å². The van der Waals surface area contributed by atoms with E-state index >= 15 is 0 Å². The van der Waals surface area contributed by atoms with Gasteiger partial charge in [-0.25, -0.2) is 4.99 Å². The molecule has 0 amide bonds. The lowest BCUT2D eigenvalue weighted by Crippen LogP contribution is -2.39. The van der Waals surface area contributed by atoms with E-state index in [4.69, 9.17) is 8.94 Å².